The summed E-state index contributed by atoms with van der Waals surface area (Å²) < 4.78 is 16.0. The molecule has 0 aliphatic carbocycles. The van der Waals surface area contributed by atoms with Crippen LogP contribution in [-0.4, -0.2) is 75.7 Å². The van der Waals surface area contributed by atoms with E-state index in [0.717, 1.165) is 6.07 Å². The molecular weight excluding hydrogens is 384 g/mol. The first kappa shape index (κ1) is 21.0. The van der Waals surface area contributed by atoms with Gasteiger partial charge in [0.05, 0.1) is 13.7 Å². The van der Waals surface area contributed by atoms with Crippen molar-refractivity contribution in [1.29, 1.82) is 0 Å². The number of benzene rings is 2. The average molecular weight is 406 g/mol. The Morgan fingerprint density at radius 1 is 1.07 bits per heavy atom. The fraction of sp³-hybridized carbons (Fsp3) is 0.350. The maximum absolute atomic E-state index is 12.7. The molecule has 1 fully saturated rings. The van der Waals surface area contributed by atoms with E-state index in [0.29, 0.717) is 5.56 Å². The van der Waals surface area contributed by atoms with E-state index in [-0.39, 0.29) is 17.1 Å². The van der Waals surface area contributed by atoms with Crippen molar-refractivity contribution in [2.75, 3.05) is 13.7 Å². The highest BCUT2D eigenvalue weighted by Gasteiger charge is 2.44. The van der Waals surface area contributed by atoms with Crippen LogP contribution in [0.4, 0.5) is 0 Å². The van der Waals surface area contributed by atoms with Crippen LogP contribution in [0, 0.1) is 0 Å². The molecule has 9 nitrogen and oxygen atoms in total. The first-order valence-electron chi connectivity index (χ1n) is 8.85. The van der Waals surface area contributed by atoms with Crippen molar-refractivity contribution in [1.82, 2.24) is 0 Å². The zero-order valence-corrected chi connectivity index (χ0v) is 15.5. The standard InChI is InChI=1S/C20H22O9/c1-27-13-8-11(28-20-19(26)18(25)17(24)14(9-21)29-20)7-12(22)15(13)16(23)10-5-3-2-4-6-10/h2-8,14,17-22,24-26H,9H2,1H3. The lowest BCUT2D eigenvalue weighted by molar-refractivity contribution is -0.277. The van der Waals surface area contributed by atoms with Crippen molar-refractivity contribution >= 4 is 5.78 Å². The zero-order chi connectivity index (χ0) is 21.1. The summed E-state index contributed by atoms with van der Waals surface area (Å²) in [6, 6.07) is 10.8. The monoisotopic (exact) mass is 406 g/mol. The van der Waals surface area contributed by atoms with Gasteiger partial charge >= 0.3 is 0 Å². The minimum atomic E-state index is -1.62. The molecule has 1 aliphatic heterocycles. The number of hydrogen-bond acceptors (Lipinski definition) is 9. The van der Waals surface area contributed by atoms with Gasteiger partial charge in [-0.1, -0.05) is 30.3 Å². The maximum atomic E-state index is 12.7. The summed E-state index contributed by atoms with van der Waals surface area (Å²) in [5, 5.41) is 49.4. The van der Waals surface area contributed by atoms with Crippen molar-refractivity contribution < 1.29 is 44.5 Å². The number of carbonyl (C=O) groups is 1. The molecule has 5 atom stereocenters. The van der Waals surface area contributed by atoms with Crippen LogP contribution in [-0.2, 0) is 4.74 Å². The lowest BCUT2D eigenvalue weighted by Gasteiger charge is -2.39. The number of phenolic OH excluding ortho intramolecular Hbond substituents is 1. The second-order valence-corrected chi connectivity index (χ2v) is 6.53. The van der Waals surface area contributed by atoms with Crippen LogP contribution in [0.2, 0.25) is 0 Å². The molecule has 0 radical (unpaired) electrons. The lowest BCUT2D eigenvalue weighted by Crippen LogP contribution is -2.60. The topological polar surface area (TPSA) is 146 Å². The molecule has 9 heteroatoms. The first-order chi connectivity index (χ1) is 13.9. The molecule has 1 heterocycles. The van der Waals surface area contributed by atoms with Gasteiger partial charge in [-0.25, -0.2) is 0 Å². The van der Waals surface area contributed by atoms with Gasteiger partial charge in [-0.3, -0.25) is 4.79 Å². The summed E-state index contributed by atoms with van der Waals surface area (Å²) in [5.74, 6) is -0.871. The molecule has 2 aromatic carbocycles. The van der Waals surface area contributed by atoms with Gasteiger partial charge in [-0.2, -0.15) is 0 Å². The van der Waals surface area contributed by atoms with E-state index in [2.05, 4.69) is 0 Å². The quantitative estimate of drug-likeness (QED) is 0.412. The molecular formula is C20H22O9. The van der Waals surface area contributed by atoms with Crippen LogP contribution in [0.3, 0.4) is 0 Å². The Morgan fingerprint density at radius 2 is 1.76 bits per heavy atom. The number of carbonyl (C=O) groups excluding carboxylic acids is 1. The van der Waals surface area contributed by atoms with Gasteiger partial charge in [0.1, 0.15) is 47.2 Å². The smallest absolute Gasteiger partial charge is 0.229 e. The second-order valence-electron chi connectivity index (χ2n) is 6.53. The minimum Gasteiger partial charge on any atom is -0.507 e. The Hall–Kier alpha value is -2.69. The first-order valence-corrected chi connectivity index (χ1v) is 8.85. The molecule has 1 aliphatic rings. The molecule has 0 bridgehead atoms. The summed E-state index contributed by atoms with van der Waals surface area (Å²) in [7, 11) is 1.31. The van der Waals surface area contributed by atoms with E-state index in [1.807, 2.05) is 0 Å². The number of ether oxygens (including phenoxy) is 3. The molecule has 1 saturated heterocycles. The van der Waals surface area contributed by atoms with Crippen LogP contribution >= 0.6 is 0 Å². The highest BCUT2D eigenvalue weighted by Crippen LogP contribution is 2.36. The predicted molar refractivity (Wildman–Crippen MR) is 98.9 cm³/mol. The highest BCUT2D eigenvalue weighted by molar-refractivity contribution is 6.12. The van der Waals surface area contributed by atoms with Crippen LogP contribution in [0.25, 0.3) is 0 Å². The number of aliphatic hydroxyl groups excluding tert-OH is 4. The molecule has 0 amide bonds. The van der Waals surface area contributed by atoms with Gasteiger partial charge in [0.15, 0.2) is 0 Å². The molecule has 156 valence electrons. The van der Waals surface area contributed by atoms with E-state index in [1.54, 1.807) is 30.3 Å². The zero-order valence-electron chi connectivity index (χ0n) is 15.5. The minimum absolute atomic E-state index is 0.0201. The van der Waals surface area contributed by atoms with E-state index in [9.17, 15) is 30.3 Å². The van der Waals surface area contributed by atoms with E-state index in [1.165, 1.54) is 13.2 Å². The number of methoxy groups -OCH3 is 1. The van der Waals surface area contributed by atoms with E-state index < -0.39 is 48.8 Å². The molecule has 0 aromatic heterocycles. The Labute approximate surface area is 166 Å². The molecule has 0 saturated carbocycles. The molecule has 5 unspecified atom stereocenters. The fourth-order valence-electron chi connectivity index (χ4n) is 3.07. The SMILES string of the molecule is COc1cc(OC2OC(CO)C(O)C(O)C2O)cc(O)c1C(=O)c1ccccc1. The van der Waals surface area contributed by atoms with Crippen molar-refractivity contribution in [2.45, 2.75) is 30.7 Å². The highest BCUT2D eigenvalue weighted by atomic mass is 16.7. The van der Waals surface area contributed by atoms with E-state index >= 15 is 0 Å². The van der Waals surface area contributed by atoms with Crippen molar-refractivity contribution in [2.24, 2.45) is 0 Å². The Kier molecular flexibility index (Phi) is 6.36. The predicted octanol–water partition coefficient (Wildman–Crippen LogP) is -0.190. The van der Waals surface area contributed by atoms with Gasteiger partial charge in [0.2, 0.25) is 12.1 Å². The summed E-state index contributed by atoms with van der Waals surface area (Å²) in [6.07, 6.45) is -7.34. The van der Waals surface area contributed by atoms with Gasteiger partial charge in [0, 0.05) is 17.7 Å². The van der Waals surface area contributed by atoms with Gasteiger partial charge in [-0.15, -0.1) is 0 Å². The molecule has 2 aromatic rings. The number of aromatic hydroxyl groups is 1. The molecule has 0 spiro atoms. The van der Waals surface area contributed by atoms with Gasteiger partial charge < -0.3 is 39.7 Å². The van der Waals surface area contributed by atoms with Crippen LogP contribution < -0.4 is 9.47 Å². The molecule has 29 heavy (non-hydrogen) atoms. The number of phenols is 1. The van der Waals surface area contributed by atoms with Gasteiger partial charge in [0.25, 0.3) is 0 Å². The normalized spacial score (nSPS) is 26.7. The summed E-state index contributed by atoms with van der Waals surface area (Å²) in [4.78, 5) is 12.7. The third-order valence-corrected chi connectivity index (χ3v) is 4.64. The Bertz CT molecular complexity index is 853. The van der Waals surface area contributed by atoms with E-state index in [4.69, 9.17) is 14.2 Å². The number of ketones is 1. The second kappa shape index (κ2) is 8.76. The van der Waals surface area contributed by atoms with Crippen molar-refractivity contribution in [3.05, 3.63) is 53.6 Å². The summed E-state index contributed by atoms with van der Waals surface area (Å²) >= 11 is 0. The largest absolute Gasteiger partial charge is 0.507 e. The lowest BCUT2D eigenvalue weighted by atomic mass is 9.99. The van der Waals surface area contributed by atoms with Crippen LogP contribution in [0.15, 0.2) is 42.5 Å². The third-order valence-electron chi connectivity index (χ3n) is 4.64. The Morgan fingerprint density at radius 3 is 2.38 bits per heavy atom. The number of rotatable bonds is 6. The fourth-order valence-corrected chi connectivity index (χ4v) is 3.07. The van der Waals surface area contributed by atoms with Crippen LogP contribution in [0.1, 0.15) is 15.9 Å². The maximum Gasteiger partial charge on any atom is 0.229 e. The summed E-state index contributed by atoms with van der Waals surface area (Å²) in [5.41, 5.74) is 0.281. The van der Waals surface area contributed by atoms with Crippen LogP contribution in [0.5, 0.6) is 17.2 Å². The summed E-state index contributed by atoms with van der Waals surface area (Å²) in [6.45, 7) is -0.607. The van der Waals surface area contributed by atoms with Crippen molar-refractivity contribution in [3.8, 4) is 17.2 Å². The third kappa shape index (κ3) is 4.19. The van der Waals surface area contributed by atoms with Crippen molar-refractivity contribution in [3.63, 3.8) is 0 Å². The molecule has 5 N–H and O–H groups in total. The average Bonchev–Trinajstić information content (AvgIpc) is 2.73. The Balaban J connectivity index is 1.88. The number of hydrogen-bond donors (Lipinski definition) is 5. The van der Waals surface area contributed by atoms with Gasteiger partial charge in [-0.05, 0) is 0 Å². The number of aliphatic hydroxyl groups is 4. The molecule has 3 rings (SSSR count).